The first kappa shape index (κ1) is 16.7. The van der Waals surface area contributed by atoms with Gasteiger partial charge in [-0.15, -0.1) is 10.2 Å². The third-order valence-electron chi connectivity index (χ3n) is 4.18. The number of anilines is 2. The molecular weight excluding hydrogens is 324 g/mol. The summed E-state index contributed by atoms with van der Waals surface area (Å²) in [7, 11) is 1.55. The van der Waals surface area contributed by atoms with Gasteiger partial charge in [-0.3, -0.25) is 10.1 Å². The molecular formula is C17H22N4O2S. The van der Waals surface area contributed by atoms with E-state index in [2.05, 4.69) is 20.8 Å². The molecule has 0 radical (unpaired) electrons. The maximum atomic E-state index is 12.4. The van der Waals surface area contributed by atoms with E-state index in [1.807, 2.05) is 6.07 Å². The number of hydrogen-bond acceptors (Lipinski definition) is 6. The van der Waals surface area contributed by atoms with E-state index in [0.717, 1.165) is 5.13 Å². The monoisotopic (exact) mass is 346 g/mol. The second-order valence-electron chi connectivity index (χ2n) is 5.90. The number of aromatic nitrogens is 2. The number of ether oxygens (including phenoxy) is 1. The summed E-state index contributed by atoms with van der Waals surface area (Å²) in [5, 5.41) is 15.7. The van der Waals surface area contributed by atoms with Crippen LogP contribution in [0.5, 0.6) is 5.75 Å². The van der Waals surface area contributed by atoms with Gasteiger partial charge in [0.15, 0.2) is 0 Å². The van der Waals surface area contributed by atoms with Crippen LogP contribution < -0.4 is 15.4 Å². The summed E-state index contributed by atoms with van der Waals surface area (Å²) in [6, 6.07) is 7.57. The number of amides is 1. The molecule has 2 aromatic rings. The van der Waals surface area contributed by atoms with E-state index in [-0.39, 0.29) is 5.91 Å². The smallest absolute Gasteiger partial charge is 0.261 e. The molecule has 1 amide bonds. The van der Waals surface area contributed by atoms with Gasteiger partial charge in [0.1, 0.15) is 5.75 Å². The summed E-state index contributed by atoms with van der Waals surface area (Å²) in [6.45, 7) is 0. The van der Waals surface area contributed by atoms with Crippen molar-refractivity contribution in [3.05, 3.63) is 29.8 Å². The molecule has 1 aliphatic rings. The molecule has 128 valence electrons. The van der Waals surface area contributed by atoms with Crippen LogP contribution in [0, 0.1) is 0 Å². The van der Waals surface area contributed by atoms with Crippen molar-refractivity contribution in [3.63, 3.8) is 0 Å². The van der Waals surface area contributed by atoms with Gasteiger partial charge >= 0.3 is 0 Å². The molecule has 1 heterocycles. The lowest BCUT2D eigenvalue weighted by atomic mass is 10.1. The Labute approximate surface area is 145 Å². The van der Waals surface area contributed by atoms with E-state index in [1.165, 1.54) is 49.9 Å². The van der Waals surface area contributed by atoms with E-state index < -0.39 is 0 Å². The Morgan fingerprint density at radius 2 is 1.83 bits per heavy atom. The van der Waals surface area contributed by atoms with Crippen molar-refractivity contribution in [1.82, 2.24) is 10.2 Å². The molecule has 6 nitrogen and oxygen atoms in total. The summed E-state index contributed by atoms with van der Waals surface area (Å²) < 4.78 is 5.22. The number of methoxy groups -OCH3 is 1. The lowest BCUT2D eigenvalue weighted by molar-refractivity contribution is 0.102. The van der Waals surface area contributed by atoms with Crippen molar-refractivity contribution in [3.8, 4) is 5.75 Å². The van der Waals surface area contributed by atoms with E-state index >= 15 is 0 Å². The predicted octanol–water partition coefficient (Wildman–Crippen LogP) is 3.93. The number of carbonyl (C=O) groups is 1. The molecule has 7 heteroatoms. The minimum absolute atomic E-state index is 0.246. The highest BCUT2D eigenvalue weighted by molar-refractivity contribution is 7.19. The Balaban J connectivity index is 1.62. The molecule has 1 fully saturated rings. The lowest BCUT2D eigenvalue weighted by Crippen LogP contribution is -2.17. The molecule has 0 spiro atoms. The van der Waals surface area contributed by atoms with Crippen molar-refractivity contribution in [1.29, 1.82) is 0 Å². The fourth-order valence-electron chi connectivity index (χ4n) is 2.93. The number of hydrogen-bond donors (Lipinski definition) is 2. The molecule has 1 aromatic heterocycles. The molecule has 1 saturated carbocycles. The second kappa shape index (κ2) is 8.10. The van der Waals surface area contributed by atoms with E-state index in [4.69, 9.17) is 4.74 Å². The minimum Gasteiger partial charge on any atom is -0.496 e. The number of rotatable bonds is 5. The number of nitrogens with zero attached hydrogens (tertiary/aromatic N) is 2. The molecule has 1 aromatic carbocycles. The highest BCUT2D eigenvalue weighted by Gasteiger charge is 2.16. The van der Waals surface area contributed by atoms with Gasteiger partial charge in [0.05, 0.1) is 12.7 Å². The van der Waals surface area contributed by atoms with Gasteiger partial charge in [-0.25, -0.2) is 0 Å². The van der Waals surface area contributed by atoms with Crippen LogP contribution in [0.4, 0.5) is 10.3 Å². The van der Waals surface area contributed by atoms with Gasteiger partial charge in [-0.05, 0) is 25.0 Å². The average molecular weight is 346 g/mol. The van der Waals surface area contributed by atoms with E-state index in [9.17, 15) is 4.79 Å². The van der Waals surface area contributed by atoms with E-state index in [0.29, 0.717) is 22.5 Å². The molecule has 0 bridgehead atoms. The molecule has 0 atom stereocenters. The zero-order chi connectivity index (χ0) is 16.8. The van der Waals surface area contributed by atoms with Gasteiger partial charge in [-0.1, -0.05) is 49.2 Å². The first-order valence-corrected chi connectivity index (χ1v) is 9.12. The number of nitrogens with one attached hydrogen (secondary N) is 2. The van der Waals surface area contributed by atoms with Crippen LogP contribution in [-0.4, -0.2) is 29.3 Å². The first-order chi connectivity index (χ1) is 11.8. The molecule has 0 aliphatic heterocycles. The maximum absolute atomic E-state index is 12.4. The molecule has 2 N–H and O–H groups in total. The van der Waals surface area contributed by atoms with Crippen LogP contribution in [-0.2, 0) is 0 Å². The largest absolute Gasteiger partial charge is 0.496 e. The summed E-state index contributed by atoms with van der Waals surface area (Å²) in [6.07, 6.45) is 7.48. The quantitative estimate of drug-likeness (QED) is 0.802. The topological polar surface area (TPSA) is 76.1 Å². The standard InChI is InChI=1S/C17H22N4O2S/c1-23-14-11-7-6-10-13(14)15(22)19-17-21-20-16(24-17)18-12-8-4-2-3-5-9-12/h6-7,10-12H,2-5,8-9H2,1H3,(H,18,20)(H,19,21,22). The molecule has 0 saturated heterocycles. The number of para-hydroxylation sites is 1. The number of carbonyl (C=O) groups excluding carboxylic acids is 1. The highest BCUT2D eigenvalue weighted by Crippen LogP contribution is 2.26. The Hall–Kier alpha value is -2.15. The third-order valence-corrected chi connectivity index (χ3v) is 4.95. The lowest BCUT2D eigenvalue weighted by Gasteiger charge is -2.14. The van der Waals surface area contributed by atoms with E-state index in [1.54, 1.807) is 25.3 Å². The first-order valence-electron chi connectivity index (χ1n) is 8.30. The highest BCUT2D eigenvalue weighted by atomic mass is 32.1. The van der Waals surface area contributed by atoms with Crippen LogP contribution in [0.25, 0.3) is 0 Å². The molecule has 1 aliphatic carbocycles. The summed E-state index contributed by atoms with van der Waals surface area (Å²) >= 11 is 1.36. The summed E-state index contributed by atoms with van der Waals surface area (Å²) in [5.41, 5.74) is 0.480. The van der Waals surface area contributed by atoms with Gasteiger partial charge < -0.3 is 10.1 Å². The minimum atomic E-state index is -0.246. The zero-order valence-corrected chi connectivity index (χ0v) is 14.6. The Morgan fingerprint density at radius 3 is 2.58 bits per heavy atom. The van der Waals surface area contributed by atoms with Gasteiger partial charge in [0.2, 0.25) is 10.3 Å². The SMILES string of the molecule is COc1ccccc1C(=O)Nc1nnc(NC2CCCCCC2)s1. The van der Waals surface area contributed by atoms with Crippen molar-refractivity contribution in [2.75, 3.05) is 17.7 Å². The van der Waals surface area contributed by atoms with Gasteiger partial charge in [0.25, 0.3) is 5.91 Å². The average Bonchev–Trinajstić information content (AvgIpc) is 2.87. The fraction of sp³-hybridized carbons (Fsp3) is 0.471. The Bertz CT molecular complexity index is 681. The number of benzene rings is 1. The van der Waals surface area contributed by atoms with Crippen LogP contribution in [0.3, 0.4) is 0 Å². The van der Waals surface area contributed by atoms with Gasteiger partial charge in [-0.2, -0.15) is 0 Å². The van der Waals surface area contributed by atoms with Crippen molar-refractivity contribution >= 4 is 27.5 Å². The van der Waals surface area contributed by atoms with Crippen molar-refractivity contribution in [2.24, 2.45) is 0 Å². The van der Waals surface area contributed by atoms with Crippen molar-refractivity contribution < 1.29 is 9.53 Å². The normalized spacial score (nSPS) is 15.5. The van der Waals surface area contributed by atoms with Crippen molar-refractivity contribution in [2.45, 2.75) is 44.6 Å². The molecule has 24 heavy (non-hydrogen) atoms. The van der Waals surface area contributed by atoms with Crippen LogP contribution in [0.2, 0.25) is 0 Å². The zero-order valence-electron chi connectivity index (χ0n) is 13.7. The predicted molar refractivity (Wildman–Crippen MR) is 96.0 cm³/mol. The van der Waals surface area contributed by atoms with Crippen LogP contribution in [0.15, 0.2) is 24.3 Å². The summed E-state index contributed by atoms with van der Waals surface area (Å²) in [5.74, 6) is 0.293. The fourth-order valence-corrected chi connectivity index (χ4v) is 3.64. The third kappa shape index (κ3) is 4.23. The summed E-state index contributed by atoms with van der Waals surface area (Å²) in [4.78, 5) is 12.4. The van der Waals surface area contributed by atoms with Crippen LogP contribution >= 0.6 is 11.3 Å². The molecule has 3 rings (SSSR count). The van der Waals surface area contributed by atoms with Gasteiger partial charge in [0, 0.05) is 6.04 Å². The van der Waals surface area contributed by atoms with Crippen LogP contribution in [0.1, 0.15) is 48.9 Å². The Morgan fingerprint density at radius 1 is 1.12 bits per heavy atom. The second-order valence-corrected chi connectivity index (χ2v) is 6.88. The molecule has 0 unspecified atom stereocenters. The Kier molecular flexibility index (Phi) is 5.63. The maximum Gasteiger partial charge on any atom is 0.261 e.